The summed E-state index contributed by atoms with van der Waals surface area (Å²) >= 11 is 0. The number of imide groups is 1. The van der Waals surface area contributed by atoms with Crippen LogP contribution < -0.4 is 10.6 Å². The zero-order chi connectivity index (χ0) is 16.9. The van der Waals surface area contributed by atoms with Crippen molar-refractivity contribution in [3.63, 3.8) is 0 Å². The van der Waals surface area contributed by atoms with E-state index in [1.807, 2.05) is 25.1 Å². The lowest BCUT2D eigenvalue weighted by atomic mass is 9.85. The van der Waals surface area contributed by atoms with Crippen LogP contribution in [0.4, 0.5) is 4.79 Å². The molecule has 23 heavy (non-hydrogen) atoms. The van der Waals surface area contributed by atoms with Crippen LogP contribution in [0.15, 0.2) is 30.3 Å². The van der Waals surface area contributed by atoms with Crippen LogP contribution >= 0.6 is 0 Å². The van der Waals surface area contributed by atoms with Gasteiger partial charge in [0.1, 0.15) is 12.1 Å². The number of carbonyl (C=O) groups is 3. The Bertz CT molecular complexity index is 651. The molecule has 0 aliphatic carbocycles. The second-order valence-electron chi connectivity index (χ2n) is 5.32. The minimum Gasteiger partial charge on any atom is -0.344 e. The van der Waals surface area contributed by atoms with E-state index in [9.17, 15) is 14.4 Å². The average Bonchev–Trinajstić information content (AvgIpc) is 2.79. The first kappa shape index (κ1) is 16.6. The third kappa shape index (κ3) is 3.19. The van der Waals surface area contributed by atoms with Crippen molar-refractivity contribution < 1.29 is 14.4 Å². The summed E-state index contributed by atoms with van der Waals surface area (Å²) in [6.45, 7) is 1.65. The topological polar surface area (TPSA) is 78.5 Å². The van der Waals surface area contributed by atoms with Crippen LogP contribution in [0.3, 0.4) is 0 Å². The van der Waals surface area contributed by atoms with Crippen molar-refractivity contribution in [2.45, 2.75) is 25.3 Å². The van der Waals surface area contributed by atoms with Crippen LogP contribution in [0.2, 0.25) is 0 Å². The van der Waals surface area contributed by atoms with Gasteiger partial charge >= 0.3 is 6.03 Å². The van der Waals surface area contributed by atoms with E-state index in [1.54, 1.807) is 12.1 Å². The summed E-state index contributed by atoms with van der Waals surface area (Å²) in [5, 5.41) is 5.21. The van der Waals surface area contributed by atoms with Gasteiger partial charge in [-0.05, 0) is 12.0 Å². The summed E-state index contributed by atoms with van der Waals surface area (Å²) in [4.78, 5) is 37.8. The van der Waals surface area contributed by atoms with Gasteiger partial charge in [0.25, 0.3) is 5.91 Å². The van der Waals surface area contributed by atoms with Gasteiger partial charge in [-0.15, -0.1) is 6.42 Å². The van der Waals surface area contributed by atoms with E-state index < -0.39 is 23.4 Å². The predicted octanol–water partition coefficient (Wildman–Crippen LogP) is 0.983. The van der Waals surface area contributed by atoms with Gasteiger partial charge < -0.3 is 10.6 Å². The van der Waals surface area contributed by atoms with E-state index in [0.29, 0.717) is 18.4 Å². The molecule has 1 heterocycles. The maximum Gasteiger partial charge on any atom is 0.325 e. The number of nitrogens with zero attached hydrogens (tertiary/aromatic N) is 1. The van der Waals surface area contributed by atoms with Crippen molar-refractivity contribution in [2.75, 3.05) is 13.1 Å². The molecule has 0 saturated carbocycles. The fraction of sp³-hybridized carbons (Fsp3) is 0.353. The summed E-state index contributed by atoms with van der Waals surface area (Å²) in [6, 6.07) is 8.51. The van der Waals surface area contributed by atoms with Crippen LogP contribution in [0.1, 0.15) is 25.3 Å². The van der Waals surface area contributed by atoms with Gasteiger partial charge in [0.15, 0.2) is 0 Å². The Balaban J connectivity index is 2.27. The van der Waals surface area contributed by atoms with E-state index in [4.69, 9.17) is 6.42 Å². The molecule has 1 aliphatic heterocycles. The molecule has 0 unspecified atom stereocenters. The highest BCUT2D eigenvalue weighted by Crippen LogP contribution is 2.33. The molecule has 1 aliphatic rings. The fourth-order valence-corrected chi connectivity index (χ4v) is 2.73. The Kier molecular flexibility index (Phi) is 5.02. The number of urea groups is 1. The molecule has 0 radical (unpaired) electrons. The van der Waals surface area contributed by atoms with Gasteiger partial charge in [-0.25, -0.2) is 4.79 Å². The van der Waals surface area contributed by atoms with Gasteiger partial charge in [-0.1, -0.05) is 49.6 Å². The number of amides is 4. The molecule has 0 aromatic heterocycles. The number of rotatable bonds is 6. The van der Waals surface area contributed by atoms with Gasteiger partial charge in [0.2, 0.25) is 5.91 Å². The van der Waals surface area contributed by atoms with Crippen molar-refractivity contribution in [2.24, 2.45) is 0 Å². The number of hydrogen-bond acceptors (Lipinski definition) is 3. The van der Waals surface area contributed by atoms with Crippen molar-refractivity contribution >= 4 is 17.8 Å². The molecule has 1 saturated heterocycles. The van der Waals surface area contributed by atoms with Gasteiger partial charge in [-0.3, -0.25) is 14.5 Å². The molecule has 120 valence electrons. The number of hydrogen-bond donors (Lipinski definition) is 2. The number of carbonyl (C=O) groups excluding carboxylic acids is 3. The third-order valence-corrected chi connectivity index (χ3v) is 3.76. The first-order valence-electron chi connectivity index (χ1n) is 7.45. The Hall–Kier alpha value is -2.81. The molecule has 6 nitrogen and oxygen atoms in total. The minimum absolute atomic E-state index is 0.0568. The smallest absolute Gasteiger partial charge is 0.325 e. The average molecular weight is 313 g/mol. The fourth-order valence-electron chi connectivity index (χ4n) is 2.73. The normalized spacial score (nSPS) is 20.1. The van der Waals surface area contributed by atoms with Crippen LogP contribution in [0, 0.1) is 12.3 Å². The van der Waals surface area contributed by atoms with Crippen molar-refractivity contribution in [1.82, 2.24) is 15.5 Å². The summed E-state index contributed by atoms with van der Waals surface area (Å²) < 4.78 is 0. The molecule has 1 aromatic carbocycles. The van der Waals surface area contributed by atoms with Crippen LogP contribution in [0.5, 0.6) is 0 Å². The Labute approximate surface area is 135 Å². The molecule has 0 bridgehead atoms. The lowest BCUT2D eigenvalue weighted by molar-refractivity contribution is -0.135. The predicted molar refractivity (Wildman–Crippen MR) is 85.1 cm³/mol. The Morgan fingerprint density at radius 3 is 2.65 bits per heavy atom. The third-order valence-electron chi connectivity index (χ3n) is 3.76. The van der Waals surface area contributed by atoms with E-state index in [0.717, 1.165) is 4.90 Å². The maximum absolute atomic E-state index is 12.9. The quantitative estimate of drug-likeness (QED) is 0.607. The molecular formula is C17H19N3O3. The molecule has 1 aromatic rings. The summed E-state index contributed by atoms with van der Waals surface area (Å²) in [6.07, 6.45) is 6.24. The highest BCUT2D eigenvalue weighted by molar-refractivity contribution is 6.09. The lowest BCUT2D eigenvalue weighted by Crippen LogP contribution is -2.45. The summed E-state index contributed by atoms with van der Waals surface area (Å²) in [7, 11) is 0. The van der Waals surface area contributed by atoms with Crippen molar-refractivity contribution in [3.05, 3.63) is 35.9 Å². The molecule has 4 amide bonds. The summed E-state index contributed by atoms with van der Waals surface area (Å²) in [5.41, 5.74) is -0.397. The SMILES string of the molecule is C#CCNC(=O)CN1C(=O)N[C@](CCC)(c2ccccc2)C1=O. The number of benzene rings is 1. The zero-order valence-electron chi connectivity index (χ0n) is 13.0. The largest absolute Gasteiger partial charge is 0.344 e. The molecule has 0 spiro atoms. The monoisotopic (exact) mass is 313 g/mol. The molecule has 6 heteroatoms. The highest BCUT2D eigenvalue weighted by atomic mass is 16.2. The maximum atomic E-state index is 12.9. The van der Waals surface area contributed by atoms with Gasteiger partial charge in [0.05, 0.1) is 6.54 Å². The summed E-state index contributed by atoms with van der Waals surface area (Å²) in [5.74, 6) is 1.40. The second kappa shape index (κ2) is 6.97. The van der Waals surface area contributed by atoms with E-state index in [1.165, 1.54) is 0 Å². The first-order valence-corrected chi connectivity index (χ1v) is 7.45. The molecule has 1 atom stereocenters. The second-order valence-corrected chi connectivity index (χ2v) is 5.32. The highest BCUT2D eigenvalue weighted by Gasteiger charge is 2.52. The van der Waals surface area contributed by atoms with Crippen molar-refractivity contribution in [1.29, 1.82) is 0 Å². The first-order chi connectivity index (χ1) is 11.0. The standard InChI is InChI=1S/C17H19N3O3/c1-3-10-17(13-8-6-5-7-9-13)15(22)20(16(23)19-17)12-14(21)18-11-4-2/h2,5-9H,3,10-12H2,1H3,(H,18,21)(H,19,23)/t17-/m1/s1. The molecule has 1 fully saturated rings. The molecule has 2 rings (SSSR count). The zero-order valence-corrected chi connectivity index (χ0v) is 13.0. The van der Waals surface area contributed by atoms with Crippen molar-refractivity contribution in [3.8, 4) is 12.3 Å². The Morgan fingerprint density at radius 2 is 2.04 bits per heavy atom. The Morgan fingerprint density at radius 1 is 1.35 bits per heavy atom. The van der Waals surface area contributed by atoms with Crippen LogP contribution in [0.25, 0.3) is 0 Å². The lowest BCUT2D eigenvalue weighted by Gasteiger charge is -2.26. The molecule has 2 N–H and O–H groups in total. The molecular weight excluding hydrogens is 294 g/mol. The van der Waals surface area contributed by atoms with Gasteiger partial charge in [-0.2, -0.15) is 0 Å². The van der Waals surface area contributed by atoms with E-state index >= 15 is 0 Å². The van der Waals surface area contributed by atoms with Crippen LogP contribution in [-0.4, -0.2) is 35.8 Å². The number of terminal acetylenes is 1. The minimum atomic E-state index is -1.11. The van der Waals surface area contributed by atoms with Crippen LogP contribution in [-0.2, 0) is 15.1 Å². The van der Waals surface area contributed by atoms with E-state index in [2.05, 4.69) is 16.6 Å². The van der Waals surface area contributed by atoms with Gasteiger partial charge in [0, 0.05) is 0 Å². The van der Waals surface area contributed by atoms with E-state index in [-0.39, 0.29) is 13.1 Å². The number of nitrogens with one attached hydrogen (secondary N) is 2.